The molecule has 0 unspecified atom stereocenters. The fourth-order valence-electron chi connectivity index (χ4n) is 3.07. The zero-order chi connectivity index (χ0) is 19.2. The van der Waals surface area contributed by atoms with E-state index in [0.717, 1.165) is 13.1 Å². The SMILES string of the molecule is COC1(C(=O)N(C)CCCOc2cccc(S(C)(=O)=O)c2)CCNCC1. The maximum atomic E-state index is 12.7. The number of nitrogens with one attached hydrogen (secondary N) is 1. The highest BCUT2D eigenvalue weighted by Crippen LogP contribution is 2.25. The van der Waals surface area contributed by atoms with Crippen LogP contribution in [-0.2, 0) is 19.4 Å². The summed E-state index contributed by atoms with van der Waals surface area (Å²) in [4.78, 5) is 14.7. The number of sulfone groups is 1. The van der Waals surface area contributed by atoms with Crippen molar-refractivity contribution in [2.45, 2.75) is 29.8 Å². The van der Waals surface area contributed by atoms with Gasteiger partial charge in [-0.2, -0.15) is 0 Å². The van der Waals surface area contributed by atoms with Crippen LogP contribution in [0.2, 0.25) is 0 Å². The normalized spacial score (nSPS) is 16.9. The van der Waals surface area contributed by atoms with Crippen molar-refractivity contribution in [2.75, 3.05) is 46.7 Å². The lowest BCUT2D eigenvalue weighted by molar-refractivity contribution is -0.157. The van der Waals surface area contributed by atoms with Gasteiger partial charge in [0.15, 0.2) is 9.84 Å². The summed E-state index contributed by atoms with van der Waals surface area (Å²) in [6.45, 7) is 2.48. The van der Waals surface area contributed by atoms with Gasteiger partial charge < -0.3 is 19.7 Å². The maximum absolute atomic E-state index is 12.7. The Labute approximate surface area is 155 Å². The van der Waals surface area contributed by atoms with E-state index in [9.17, 15) is 13.2 Å². The number of hydrogen-bond acceptors (Lipinski definition) is 6. The summed E-state index contributed by atoms with van der Waals surface area (Å²) in [5.41, 5.74) is -0.731. The second-order valence-corrected chi connectivity index (χ2v) is 8.64. The summed E-state index contributed by atoms with van der Waals surface area (Å²) in [7, 11) is 0.111. The second-order valence-electron chi connectivity index (χ2n) is 6.62. The molecule has 1 N–H and O–H groups in total. The molecule has 8 heteroatoms. The molecular weight excluding hydrogens is 356 g/mol. The molecule has 1 saturated heterocycles. The van der Waals surface area contributed by atoms with E-state index in [0.29, 0.717) is 38.2 Å². The van der Waals surface area contributed by atoms with Gasteiger partial charge in [0.25, 0.3) is 5.91 Å². The van der Waals surface area contributed by atoms with Crippen LogP contribution in [0.1, 0.15) is 19.3 Å². The van der Waals surface area contributed by atoms with Crippen molar-refractivity contribution in [3.8, 4) is 5.75 Å². The van der Waals surface area contributed by atoms with Gasteiger partial charge in [0.2, 0.25) is 0 Å². The van der Waals surface area contributed by atoms with Crippen LogP contribution in [0, 0.1) is 0 Å². The summed E-state index contributed by atoms with van der Waals surface area (Å²) in [5.74, 6) is 0.509. The number of likely N-dealkylation sites (N-methyl/N-ethyl adjacent to an activating group) is 1. The molecule has 0 atom stereocenters. The Bertz CT molecular complexity index is 714. The smallest absolute Gasteiger partial charge is 0.254 e. The third-order valence-electron chi connectivity index (χ3n) is 4.68. The average molecular weight is 384 g/mol. The van der Waals surface area contributed by atoms with Gasteiger partial charge in [-0.05, 0) is 50.6 Å². The molecule has 26 heavy (non-hydrogen) atoms. The Morgan fingerprint density at radius 3 is 2.62 bits per heavy atom. The Morgan fingerprint density at radius 1 is 1.31 bits per heavy atom. The highest BCUT2D eigenvalue weighted by Gasteiger charge is 2.41. The first-order valence-electron chi connectivity index (χ1n) is 8.73. The predicted octanol–water partition coefficient (Wildman–Crippen LogP) is 1.09. The third kappa shape index (κ3) is 5.18. The molecule has 7 nitrogen and oxygen atoms in total. The van der Waals surface area contributed by atoms with Crippen LogP contribution >= 0.6 is 0 Å². The van der Waals surface area contributed by atoms with Gasteiger partial charge in [0, 0.05) is 27.0 Å². The number of carbonyl (C=O) groups is 1. The van der Waals surface area contributed by atoms with Crippen LogP contribution in [0.3, 0.4) is 0 Å². The molecule has 1 aliphatic rings. The third-order valence-corrected chi connectivity index (χ3v) is 5.79. The van der Waals surface area contributed by atoms with Crippen molar-refractivity contribution >= 4 is 15.7 Å². The fraction of sp³-hybridized carbons (Fsp3) is 0.611. The van der Waals surface area contributed by atoms with Gasteiger partial charge >= 0.3 is 0 Å². The molecule has 0 bridgehead atoms. The molecule has 146 valence electrons. The second kappa shape index (κ2) is 8.83. The predicted molar refractivity (Wildman–Crippen MR) is 99.1 cm³/mol. The van der Waals surface area contributed by atoms with E-state index in [1.807, 2.05) is 0 Å². The van der Waals surface area contributed by atoms with Gasteiger partial charge in [-0.25, -0.2) is 8.42 Å². The number of nitrogens with zero attached hydrogens (tertiary/aromatic N) is 1. The minimum Gasteiger partial charge on any atom is -0.493 e. The van der Waals surface area contributed by atoms with Crippen LogP contribution < -0.4 is 10.1 Å². The first kappa shape index (κ1) is 20.7. The number of ether oxygens (including phenoxy) is 2. The van der Waals surface area contributed by atoms with Crippen LogP contribution in [0.25, 0.3) is 0 Å². The first-order valence-corrected chi connectivity index (χ1v) is 10.6. The fourth-order valence-corrected chi connectivity index (χ4v) is 3.73. The highest BCUT2D eigenvalue weighted by molar-refractivity contribution is 7.90. The quantitative estimate of drug-likeness (QED) is 0.676. The van der Waals surface area contributed by atoms with Gasteiger partial charge in [0.1, 0.15) is 11.4 Å². The molecule has 2 rings (SSSR count). The number of carbonyl (C=O) groups excluding carboxylic acids is 1. The Morgan fingerprint density at radius 2 is 2.00 bits per heavy atom. The van der Waals surface area contributed by atoms with Crippen LogP contribution in [0.4, 0.5) is 0 Å². The number of hydrogen-bond donors (Lipinski definition) is 1. The molecule has 0 aliphatic carbocycles. The summed E-state index contributed by atoms with van der Waals surface area (Å²) >= 11 is 0. The molecule has 1 aromatic rings. The van der Waals surface area contributed by atoms with Crippen molar-refractivity contribution in [1.29, 1.82) is 0 Å². The molecule has 0 spiro atoms. The van der Waals surface area contributed by atoms with E-state index in [-0.39, 0.29) is 10.8 Å². The van der Waals surface area contributed by atoms with Crippen LogP contribution in [-0.4, -0.2) is 71.5 Å². The lowest BCUT2D eigenvalue weighted by Gasteiger charge is -2.37. The van der Waals surface area contributed by atoms with E-state index in [1.54, 1.807) is 31.2 Å². The largest absolute Gasteiger partial charge is 0.493 e. The van der Waals surface area contributed by atoms with Crippen molar-refractivity contribution < 1.29 is 22.7 Å². The van der Waals surface area contributed by atoms with E-state index in [1.165, 1.54) is 18.4 Å². The molecule has 0 radical (unpaired) electrons. The summed E-state index contributed by atoms with van der Waals surface area (Å²) in [6.07, 6.45) is 3.14. The summed E-state index contributed by atoms with van der Waals surface area (Å²) < 4.78 is 34.3. The molecule has 1 heterocycles. The molecule has 1 aliphatic heterocycles. The van der Waals surface area contributed by atoms with Gasteiger partial charge in [0.05, 0.1) is 11.5 Å². The number of benzene rings is 1. The molecule has 1 aromatic carbocycles. The maximum Gasteiger partial charge on any atom is 0.254 e. The highest BCUT2D eigenvalue weighted by atomic mass is 32.2. The molecule has 1 fully saturated rings. The van der Waals surface area contributed by atoms with Gasteiger partial charge in [-0.3, -0.25) is 4.79 Å². The molecule has 1 amide bonds. The topological polar surface area (TPSA) is 84.9 Å². The summed E-state index contributed by atoms with van der Waals surface area (Å²) in [5, 5.41) is 3.24. The van der Waals surface area contributed by atoms with E-state index in [4.69, 9.17) is 9.47 Å². The zero-order valence-electron chi connectivity index (χ0n) is 15.7. The minimum absolute atomic E-state index is 0.000531. The number of amides is 1. The first-order chi connectivity index (χ1) is 12.3. The summed E-state index contributed by atoms with van der Waals surface area (Å²) in [6, 6.07) is 6.43. The Kier molecular flexibility index (Phi) is 7.02. The van der Waals surface area contributed by atoms with Crippen molar-refractivity contribution in [2.24, 2.45) is 0 Å². The molecule has 0 saturated carbocycles. The van der Waals surface area contributed by atoms with Crippen LogP contribution in [0.15, 0.2) is 29.2 Å². The zero-order valence-corrected chi connectivity index (χ0v) is 16.5. The lowest BCUT2D eigenvalue weighted by atomic mass is 9.90. The number of rotatable bonds is 8. The lowest BCUT2D eigenvalue weighted by Crippen LogP contribution is -2.54. The Hall–Kier alpha value is -1.64. The van der Waals surface area contributed by atoms with E-state index >= 15 is 0 Å². The van der Waals surface area contributed by atoms with Crippen molar-refractivity contribution in [1.82, 2.24) is 10.2 Å². The van der Waals surface area contributed by atoms with Crippen molar-refractivity contribution in [3.05, 3.63) is 24.3 Å². The molecular formula is C18H28N2O5S. The van der Waals surface area contributed by atoms with E-state index < -0.39 is 15.4 Å². The van der Waals surface area contributed by atoms with Gasteiger partial charge in [-0.15, -0.1) is 0 Å². The standard InChI is InChI=1S/C18H28N2O5S/c1-20(17(21)18(24-2)8-10-19-11-9-18)12-5-13-25-15-6-4-7-16(14-15)26(3,22)23/h4,6-7,14,19H,5,8-13H2,1-3H3. The monoisotopic (exact) mass is 384 g/mol. The minimum atomic E-state index is -3.25. The van der Waals surface area contributed by atoms with Gasteiger partial charge in [-0.1, -0.05) is 6.07 Å². The van der Waals surface area contributed by atoms with E-state index in [2.05, 4.69) is 5.32 Å². The van der Waals surface area contributed by atoms with Crippen molar-refractivity contribution in [3.63, 3.8) is 0 Å². The Balaban J connectivity index is 1.83. The molecule has 0 aromatic heterocycles. The number of methoxy groups -OCH3 is 1. The average Bonchev–Trinajstić information content (AvgIpc) is 2.64. The number of piperidine rings is 1. The van der Waals surface area contributed by atoms with Crippen LogP contribution in [0.5, 0.6) is 5.75 Å².